The minimum Gasteiger partial charge on any atom is -0.788 e. The summed E-state index contributed by atoms with van der Waals surface area (Å²) in [6.07, 6.45) is -0.895. The van der Waals surface area contributed by atoms with Crippen molar-refractivity contribution < 1.29 is 66.3 Å². The van der Waals surface area contributed by atoms with Gasteiger partial charge in [0.2, 0.25) is 0 Å². The average Bonchev–Trinajstić information content (AvgIpc) is 3.52. The summed E-state index contributed by atoms with van der Waals surface area (Å²) in [5, 5.41) is 14.4. The van der Waals surface area contributed by atoms with Gasteiger partial charge in [0.05, 0.1) is 39.5 Å². The van der Waals surface area contributed by atoms with Gasteiger partial charge in [0.1, 0.15) is 49.4 Å². The van der Waals surface area contributed by atoms with Crippen molar-refractivity contribution in [2.24, 2.45) is 0 Å². The molecule has 3 N–H and O–H groups in total. The van der Waals surface area contributed by atoms with Crippen LogP contribution in [-0.4, -0.2) is 171 Å². The molecule has 0 saturated carbocycles. The van der Waals surface area contributed by atoms with Gasteiger partial charge < -0.3 is 66.3 Å². The van der Waals surface area contributed by atoms with E-state index in [1.807, 2.05) is 0 Å². The molecule has 3 fully saturated rings. The molecule has 0 spiro atoms. The van der Waals surface area contributed by atoms with Crippen molar-refractivity contribution in [3.8, 4) is 0 Å². The maximum atomic E-state index is 11.7. The van der Waals surface area contributed by atoms with Crippen molar-refractivity contribution in [3.05, 3.63) is 0 Å². The Bertz CT molecular complexity index is 979. The summed E-state index contributed by atoms with van der Waals surface area (Å²) in [5.74, 6) is 0. The fraction of sp³-hybridized carbons (Fsp3) is 1.00. The summed E-state index contributed by atoms with van der Waals surface area (Å²) in [6, 6.07) is -1.65. The highest BCUT2D eigenvalue weighted by Gasteiger charge is 2.44. The van der Waals surface area contributed by atoms with Crippen LogP contribution in [0.5, 0.6) is 0 Å². The molecule has 4 unspecified atom stereocenters. The molecule has 270 valence electrons. The monoisotopic (exact) mass is 727 g/mol. The molecule has 13 atom stereocenters. The van der Waals surface area contributed by atoms with Gasteiger partial charge in [0.15, 0.2) is 0 Å². The van der Waals surface area contributed by atoms with Gasteiger partial charge in [0, 0.05) is 78.9 Å². The lowest BCUT2D eigenvalue weighted by molar-refractivity contribution is -0.205. The molecule has 3 aliphatic heterocycles. The third-order valence-electron chi connectivity index (χ3n) is 6.58. The van der Waals surface area contributed by atoms with E-state index in [9.17, 15) is 23.5 Å². The SMILES string of the molecule is [B][C@@H]1O[C@H](COC)[C@H](OP(C)(=O)[O-])C1OCCCO.[B][C@H]1C[C@@H](NP(C)(=O)[O-])[C@@H](COC)O1.[B][C@H]1C[C@@H](NP([BH3-])(C)=O)[C@@H](COC)O1. The van der Waals surface area contributed by atoms with Gasteiger partial charge in [0.25, 0.3) is 0 Å². The molecule has 0 aromatic heterocycles. The van der Waals surface area contributed by atoms with E-state index in [1.165, 1.54) is 14.2 Å². The minimum absolute atomic E-state index is 0.0241. The number of rotatable bonds is 16. The molecule has 47 heavy (non-hydrogen) atoms. The molecule has 0 aliphatic carbocycles. The fourth-order valence-electron chi connectivity index (χ4n) is 4.88. The number of aliphatic hydroxyl groups excluding tert-OH is 1. The maximum absolute atomic E-state index is 11.7. The lowest BCUT2D eigenvalue weighted by Gasteiger charge is -2.29. The van der Waals surface area contributed by atoms with E-state index < -0.39 is 52.6 Å². The number of aliphatic hydroxyl groups is 1. The Kier molecular flexibility index (Phi) is 21.0. The van der Waals surface area contributed by atoms with E-state index >= 15 is 0 Å². The van der Waals surface area contributed by atoms with Crippen LogP contribution in [-0.2, 0) is 51.4 Å². The third kappa shape index (κ3) is 19.0. The first-order valence-corrected chi connectivity index (χ1v) is 20.3. The van der Waals surface area contributed by atoms with Crippen molar-refractivity contribution in [2.75, 3.05) is 74.4 Å². The predicted molar refractivity (Wildman–Crippen MR) is 179 cm³/mol. The topological polar surface area (TPSA) is 215 Å². The normalized spacial score (nSPS) is 35.9. The summed E-state index contributed by atoms with van der Waals surface area (Å²) in [5.41, 5.74) is 0. The highest BCUT2D eigenvalue weighted by molar-refractivity contribution is 7.85. The number of methoxy groups -OCH3 is 3. The number of nitrogens with one attached hydrogen (secondary N) is 2. The van der Waals surface area contributed by atoms with E-state index in [4.69, 9.17) is 66.3 Å². The summed E-state index contributed by atoms with van der Waals surface area (Å²) in [6.45, 7) is 5.14. The Morgan fingerprint density at radius 1 is 0.809 bits per heavy atom. The van der Waals surface area contributed by atoms with E-state index in [1.54, 1.807) is 13.8 Å². The van der Waals surface area contributed by atoms with Crippen molar-refractivity contribution in [1.29, 1.82) is 0 Å². The summed E-state index contributed by atoms with van der Waals surface area (Å²) >= 11 is 0. The Morgan fingerprint density at radius 3 is 1.68 bits per heavy atom. The van der Waals surface area contributed by atoms with Crippen molar-refractivity contribution in [3.63, 3.8) is 0 Å². The number of hydrogen-bond donors (Lipinski definition) is 3. The molecule has 3 rings (SSSR count). The number of hydrogen-bond acceptors (Lipinski definition) is 14. The van der Waals surface area contributed by atoms with Gasteiger partial charge in [-0.15, -0.1) is 0 Å². The summed E-state index contributed by atoms with van der Waals surface area (Å²) < 4.78 is 75.5. The molecule has 0 bridgehead atoms. The van der Waals surface area contributed by atoms with Crippen LogP contribution in [0.2, 0.25) is 0 Å². The van der Waals surface area contributed by atoms with E-state index in [0.717, 1.165) is 19.8 Å². The second-order valence-electron chi connectivity index (χ2n) is 11.0. The standard InChI is InChI=1S/C10H20BO7P.C7H17B2NO3P.C7H15BNO4P/c1-15-6-7-8(18-19(2,13)14)9(10(11)17-7)16-5-3-4-12;1-12-4-6-5(3-7(8)13-6)10-14(2,9)11;1-12-4-6-5(3-7(8)13-6)9-14(2,10)11/h7-10,12H,3-6H2,1-2H3,(H,13,14);5-7H,3-4H2,1-2,9H3,(H,10,11);5-7H,3-4H2,1-2H3,(H2,9,10,11)/q;-1;/p-2/t7-,8+,9?,10-;5-,6-,7-,14?;5-,6-,7-/m111/s1. The molecule has 23 heteroatoms. The molecule has 3 aliphatic rings. The van der Waals surface area contributed by atoms with Gasteiger partial charge in [-0.3, -0.25) is 10.2 Å². The van der Waals surface area contributed by atoms with E-state index in [0.29, 0.717) is 26.1 Å². The van der Waals surface area contributed by atoms with Crippen LogP contribution in [0, 0.1) is 0 Å². The fourth-order valence-corrected chi connectivity index (χ4v) is 7.19. The predicted octanol–water partition coefficient (Wildman–Crippen LogP) is -3.02. The molecule has 6 radical (unpaired) electrons. The zero-order valence-corrected chi connectivity index (χ0v) is 29.9. The van der Waals surface area contributed by atoms with Gasteiger partial charge in [-0.05, 0) is 39.8 Å². The van der Waals surface area contributed by atoms with Crippen molar-refractivity contribution in [1.82, 2.24) is 10.2 Å². The van der Waals surface area contributed by atoms with Crippen LogP contribution in [0.4, 0.5) is 0 Å². The quantitative estimate of drug-likeness (QED) is 0.0820. The van der Waals surface area contributed by atoms with Crippen molar-refractivity contribution in [2.45, 2.75) is 79.9 Å². The van der Waals surface area contributed by atoms with Crippen LogP contribution < -0.4 is 20.0 Å². The summed E-state index contributed by atoms with van der Waals surface area (Å²) in [7, 11) is 12.0. The average molecular weight is 727 g/mol. The Balaban J connectivity index is 0.000000359. The lowest BCUT2D eigenvalue weighted by atomic mass is 9.93. The van der Waals surface area contributed by atoms with Gasteiger partial charge in [-0.2, -0.15) is 0 Å². The van der Waals surface area contributed by atoms with Crippen LogP contribution >= 0.6 is 22.3 Å². The third-order valence-corrected chi connectivity index (χ3v) is 8.70. The molecule has 3 heterocycles. The van der Waals surface area contributed by atoms with Gasteiger partial charge in [-0.1, -0.05) is 0 Å². The first-order valence-electron chi connectivity index (χ1n) is 14.6. The molecule has 3 saturated heterocycles. The highest BCUT2D eigenvalue weighted by atomic mass is 31.2. The second-order valence-corrected chi connectivity index (χ2v) is 15.9. The van der Waals surface area contributed by atoms with E-state index in [-0.39, 0.29) is 57.7 Å². The van der Waals surface area contributed by atoms with Crippen molar-refractivity contribution >= 4 is 53.4 Å². The first kappa shape index (κ1) is 45.5. The lowest BCUT2D eigenvalue weighted by Crippen LogP contribution is -2.39. The minimum atomic E-state index is -3.95. The van der Waals surface area contributed by atoms with Gasteiger partial charge >= 0.3 is 0 Å². The number of ether oxygens (including phenoxy) is 7. The van der Waals surface area contributed by atoms with E-state index in [2.05, 4.69) is 10.2 Å². The Hall–Kier alpha value is 0.430. The van der Waals surface area contributed by atoms with Crippen LogP contribution in [0.15, 0.2) is 0 Å². The Labute approximate surface area is 283 Å². The smallest absolute Gasteiger partial charge is 0.132 e. The first-order chi connectivity index (χ1) is 21.7. The highest BCUT2D eigenvalue weighted by Crippen LogP contribution is 2.39. The van der Waals surface area contributed by atoms with Crippen LogP contribution in [0.3, 0.4) is 0 Å². The zero-order valence-electron chi connectivity index (χ0n) is 27.3. The Morgan fingerprint density at radius 2 is 1.28 bits per heavy atom. The molecular formula is C24H50B4N2O14P3-3. The van der Waals surface area contributed by atoms with Crippen LogP contribution in [0.1, 0.15) is 19.3 Å². The molecule has 0 aromatic carbocycles. The largest absolute Gasteiger partial charge is 0.788 e. The maximum Gasteiger partial charge on any atom is 0.132 e. The molecule has 16 nitrogen and oxygen atoms in total. The molecule has 0 amide bonds. The molecule has 0 aromatic rings. The molecular weight excluding hydrogens is 676 g/mol. The zero-order chi connectivity index (χ0) is 36.0. The summed E-state index contributed by atoms with van der Waals surface area (Å²) in [4.78, 5) is 22.3. The van der Waals surface area contributed by atoms with Gasteiger partial charge in [-0.25, -0.2) is 0 Å². The second kappa shape index (κ2) is 21.7. The van der Waals surface area contributed by atoms with Crippen LogP contribution in [0.25, 0.3) is 0 Å².